The number of para-hydroxylation sites is 2. The van der Waals surface area contributed by atoms with Gasteiger partial charge >= 0.3 is 12.1 Å². The molecule has 1 aromatic carbocycles. The minimum absolute atomic E-state index is 0.0788. The molecule has 0 fully saturated rings. The van der Waals surface area contributed by atoms with Crippen molar-refractivity contribution in [1.82, 2.24) is 14.9 Å². The lowest BCUT2D eigenvalue weighted by Crippen LogP contribution is -2.47. The van der Waals surface area contributed by atoms with Crippen LogP contribution in [0.3, 0.4) is 0 Å². The zero-order chi connectivity index (χ0) is 18.1. The third-order valence-electron chi connectivity index (χ3n) is 3.30. The second-order valence-corrected chi connectivity index (χ2v) is 5.36. The molecule has 0 radical (unpaired) electrons. The number of hydrogen-bond acceptors (Lipinski definition) is 4. The average molecular weight is 345 g/mol. The predicted molar refractivity (Wildman–Crippen MR) is 76.0 cm³/mol. The van der Waals surface area contributed by atoms with E-state index in [2.05, 4.69) is 10.3 Å². The molecule has 0 saturated heterocycles. The molecule has 1 unspecified atom stereocenters. The molecule has 0 aliphatic carbocycles. The minimum Gasteiger partial charge on any atom is -0.479 e. The number of aliphatic hydroxyl groups is 1. The Kier molecular flexibility index (Phi) is 4.52. The summed E-state index contributed by atoms with van der Waals surface area (Å²) in [4.78, 5) is 26.1. The molecule has 0 aliphatic rings. The summed E-state index contributed by atoms with van der Waals surface area (Å²) in [6.07, 6.45) is -4.76. The van der Waals surface area contributed by atoms with Crippen molar-refractivity contribution in [3.63, 3.8) is 0 Å². The van der Waals surface area contributed by atoms with Gasteiger partial charge in [0.15, 0.2) is 5.60 Å². The van der Waals surface area contributed by atoms with E-state index in [1.165, 1.54) is 24.3 Å². The first-order valence-corrected chi connectivity index (χ1v) is 6.77. The Balaban J connectivity index is 2.26. The number of carboxylic acids is 1. The monoisotopic (exact) mass is 345 g/mol. The smallest absolute Gasteiger partial charge is 0.449 e. The van der Waals surface area contributed by atoms with Crippen LogP contribution in [0.4, 0.5) is 13.2 Å². The van der Waals surface area contributed by atoms with Crippen molar-refractivity contribution in [1.29, 1.82) is 0 Å². The van der Waals surface area contributed by atoms with Crippen molar-refractivity contribution >= 4 is 22.9 Å². The van der Waals surface area contributed by atoms with Crippen LogP contribution in [0.1, 0.15) is 12.7 Å². The highest BCUT2D eigenvalue weighted by atomic mass is 19.4. The van der Waals surface area contributed by atoms with Crippen molar-refractivity contribution in [2.45, 2.75) is 25.2 Å². The van der Waals surface area contributed by atoms with Crippen molar-refractivity contribution in [2.24, 2.45) is 0 Å². The normalized spacial score (nSPS) is 14.4. The Hall–Kier alpha value is -2.62. The average Bonchev–Trinajstić information content (AvgIpc) is 2.84. The fourth-order valence-corrected chi connectivity index (χ4v) is 2.00. The number of fused-ring (bicyclic) bond motifs is 1. The van der Waals surface area contributed by atoms with Crippen molar-refractivity contribution in [3.05, 3.63) is 30.1 Å². The maximum absolute atomic E-state index is 13.1. The molecule has 130 valence electrons. The predicted octanol–water partition coefficient (Wildman–Crippen LogP) is 1.01. The molecule has 1 heterocycles. The van der Waals surface area contributed by atoms with Gasteiger partial charge in [-0.2, -0.15) is 13.2 Å². The number of halogens is 3. The molecule has 3 N–H and O–H groups in total. The number of imidazole rings is 1. The van der Waals surface area contributed by atoms with Crippen LogP contribution in [-0.4, -0.2) is 43.8 Å². The SMILES string of the molecule is CC(O)(CNC(=O)Cn1c(C(F)(F)F)nc2ccccc21)C(=O)O. The van der Waals surface area contributed by atoms with Crippen molar-refractivity contribution in [3.8, 4) is 0 Å². The highest BCUT2D eigenvalue weighted by Crippen LogP contribution is 2.31. The van der Waals surface area contributed by atoms with E-state index < -0.39 is 42.6 Å². The number of nitrogens with one attached hydrogen (secondary N) is 1. The Bertz CT molecular complexity index is 783. The van der Waals surface area contributed by atoms with Crippen molar-refractivity contribution in [2.75, 3.05) is 6.54 Å². The summed E-state index contributed by atoms with van der Waals surface area (Å²) in [5, 5.41) is 20.3. The van der Waals surface area contributed by atoms with Gasteiger partial charge in [0, 0.05) is 0 Å². The Morgan fingerprint density at radius 2 is 1.92 bits per heavy atom. The fourth-order valence-electron chi connectivity index (χ4n) is 2.00. The quantitative estimate of drug-likeness (QED) is 0.750. The number of aliphatic carboxylic acids is 1. The molecular weight excluding hydrogens is 331 g/mol. The van der Waals surface area contributed by atoms with Gasteiger partial charge in [-0.3, -0.25) is 4.79 Å². The van der Waals surface area contributed by atoms with Crippen LogP contribution < -0.4 is 5.32 Å². The lowest BCUT2D eigenvalue weighted by molar-refractivity contribution is -0.156. The summed E-state index contributed by atoms with van der Waals surface area (Å²) < 4.78 is 40.0. The van der Waals surface area contributed by atoms with Gasteiger partial charge in [-0.1, -0.05) is 12.1 Å². The van der Waals surface area contributed by atoms with E-state index in [4.69, 9.17) is 5.11 Å². The van der Waals surface area contributed by atoms with E-state index in [1.54, 1.807) is 0 Å². The van der Waals surface area contributed by atoms with Gasteiger partial charge in [0.1, 0.15) is 6.54 Å². The van der Waals surface area contributed by atoms with Crippen LogP contribution in [-0.2, 0) is 22.3 Å². The Labute approximate surface area is 133 Å². The van der Waals surface area contributed by atoms with E-state index in [9.17, 15) is 27.9 Å². The maximum Gasteiger partial charge on any atom is 0.449 e. The molecule has 0 spiro atoms. The van der Waals surface area contributed by atoms with Gasteiger partial charge in [0.05, 0.1) is 17.6 Å². The summed E-state index contributed by atoms with van der Waals surface area (Å²) in [7, 11) is 0. The summed E-state index contributed by atoms with van der Waals surface area (Å²) in [5.41, 5.74) is -2.03. The number of rotatable bonds is 5. The summed E-state index contributed by atoms with van der Waals surface area (Å²) in [6, 6.07) is 5.80. The van der Waals surface area contributed by atoms with Crippen LogP contribution >= 0.6 is 0 Å². The Morgan fingerprint density at radius 1 is 1.29 bits per heavy atom. The molecule has 1 amide bonds. The first-order valence-electron chi connectivity index (χ1n) is 6.77. The highest BCUT2D eigenvalue weighted by molar-refractivity contribution is 5.82. The molecule has 0 aliphatic heterocycles. The number of carbonyl (C=O) groups is 2. The zero-order valence-corrected chi connectivity index (χ0v) is 12.5. The van der Waals surface area contributed by atoms with Crippen LogP contribution in [0.5, 0.6) is 0 Å². The first kappa shape index (κ1) is 17.7. The van der Waals surface area contributed by atoms with Gasteiger partial charge in [-0.15, -0.1) is 0 Å². The van der Waals surface area contributed by atoms with Gasteiger partial charge < -0.3 is 20.1 Å². The van der Waals surface area contributed by atoms with E-state index in [0.29, 0.717) is 4.57 Å². The molecule has 10 heteroatoms. The molecular formula is C14H14F3N3O4. The molecule has 1 aromatic heterocycles. The number of carboxylic acid groups (broad SMARTS) is 1. The van der Waals surface area contributed by atoms with Gasteiger partial charge in [-0.05, 0) is 19.1 Å². The van der Waals surface area contributed by atoms with Crippen LogP contribution in [0.2, 0.25) is 0 Å². The third kappa shape index (κ3) is 3.65. The lowest BCUT2D eigenvalue weighted by atomic mass is 10.1. The number of aromatic nitrogens is 2. The standard InChI is InChI=1S/C14H14F3N3O4/c1-13(24,12(22)23)7-18-10(21)6-20-9-5-3-2-4-8(9)19-11(20)14(15,16)17/h2-5,24H,6-7H2,1H3,(H,18,21)(H,22,23). The van der Waals surface area contributed by atoms with Gasteiger partial charge in [0.2, 0.25) is 11.7 Å². The van der Waals surface area contributed by atoms with Gasteiger partial charge in [0.25, 0.3) is 0 Å². The minimum atomic E-state index is -4.76. The van der Waals surface area contributed by atoms with Crippen LogP contribution in [0.15, 0.2) is 24.3 Å². The molecule has 1 atom stereocenters. The number of hydrogen-bond donors (Lipinski definition) is 3. The lowest BCUT2D eigenvalue weighted by Gasteiger charge is -2.18. The van der Waals surface area contributed by atoms with Crippen LogP contribution in [0, 0.1) is 0 Å². The van der Waals surface area contributed by atoms with E-state index in [-0.39, 0.29) is 11.0 Å². The number of alkyl halides is 3. The molecule has 24 heavy (non-hydrogen) atoms. The molecule has 0 saturated carbocycles. The molecule has 0 bridgehead atoms. The summed E-state index contributed by atoms with van der Waals surface area (Å²) in [6.45, 7) is -0.399. The largest absolute Gasteiger partial charge is 0.479 e. The number of nitrogens with zero attached hydrogens (tertiary/aromatic N) is 2. The highest BCUT2D eigenvalue weighted by Gasteiger charge is 2.38. The van der Waals surface area contributed by atoms with E-state index in [1.807, 2.05) is 0 Å². The second kappa shape index (κ2) is 6.11. The molecule has 2 rings (SSSR count). The van der Waals surface area contributed by atoms with E-state index in [0.717, 1.165) is 6.92 Å². The Morgan fingerprint density at radius 3 is 2.50 bits per heavy atom. The third-order valence-corrected chi connectivity index (χ3v) is 3.30. The molecule has 2 aromatic rings. The first-order chi connectivity index (χ1) is 11.0. The number of amides is 1. The molecule has 7 nitrogen and oxygen atoms in total. The topological polar surface area (TPSA) is 104 Å². The summed E-state index contributed by atoms with van der Waals surface area (Å²) >= 11 is 0. The number of carbonyl (C=O) groups excluding carboxylic acids is 1. The van der Waals surface area contributed by atoms with Crippen molar-refractivity contribution < 1.29 is 33.0 Å². The van der Waals surface area contributed by atoms with E-state index >= 15 is 0 Å². The zero-order valence-electron chi connectivity index (χ0n) is 12.5. The fraction of sp³-hybridized carbons (Fsp3) is 0.357. The van der Waals surface area contributed by atoms with Crippen LogP contribution in [0.25, 0.3) is 11.0 Å². The second-order valence-electron chi connectivity index (χ2n) is 5.36. The van der Waals surface area contributed by atoms with Gasteiger partial charge in [-0.25, -0.2) is 9.78 Å². The maximum atomic E-state index is 13.1. The summed E-state index contributed by atoms with van der Waals surface area (Å²) in [5.74, 6) is -3.68. The number of benzene rings is 1.